The van der Waals surface area contributed by atoms with Crippen molar-refractivity contribution in [1.82, 2.24) is 14.8 Å². The lowest BCUT2D eigenvalue weighted by atomic mass is 10.1. The first kappa shape index (κ1) is 18.5. The van der Waals surface area contributed by atoms with E-state index in [0.717, 1.165) is 21.5 Å². The maximum Gasteiger partial charge on any atom is 0.277 e. The van der Waals surface area contributed by atoms with Gasteiger partial charge in [0.1, 0.15) is 5.75 Å². The Bertz CT molecular complexity index is 1170. The van der Waals surface area contributed by atoms with E-state index in [1.807, 2.05) is 38.1 Å². The van der Waals surface area contributed by atoms with Gasteiger partial charge in [-0.25, -0.2) is 9.67 Å². The number of aromatic nitrogens is 3. The Kier molecular flexibility index (Phi) is 5.02. The zero-order valence-corrected chi connectivity index (χ0v) is 16.8. The van der Waals surface area contributed by atoms with Crippen molar-refractivity contribution in [3.05, 3.63) is 70.5 Å². The van der Waals surface area contributed by atoms with Crippen molar-refractivity contribution < 1.29 is 9.53 Å². The Morgan fingerprint density at radius 1 is 1.21 bits per heavy atom. The zero-order chi connectivity index (χ0) is 19.7. The number of carbonyl (C=O) groups is 1. The highest BCUT2D eigenvalue weighted by molar-refractivity contribution is 7.22. The maximum absolute atomic E-state index is 12.4. The van der Waals surface area contributed by atoms with Gasteiger partial charge in [-0.15, -0.1) is 0 Å². The lowest BCUT2D eigenvalue weighted by Crippen LogP contribution is -2.14. The quantitative estimate of drug-likeness (QED) is 0.498. The van der Waals surface area contributed by atoms with E-state index in [0.29, 0.717) is 15.8 Å². The van der Waals surface area contributed by atoms with Gasteiger partial charge in [-0.1, -0.05) is 40.6 Å². The second kappa shape index (κ2) is 7.61. The number of aryl methyl sites for hydroxylation is 2. The number of nitrogens with zero attached hydrogens (tertiary/aromatic N) is 3. The topological polar surface area (TPSA) is 69.0 Å². The Morgan fingerprint density at radius 2 is 2.07 bits per heavy atom. The molecule has 0 fully saturated rings. The maximum atomic E-state index is 12.4. The van der Waals surface area contributed by atoms with E-state index in [2.05, 4.69) is 21.5 Å². The minimum Gasteiger partial charge on any atom is -0.471 e. The monoisotopic (exact) mass is 412 g/mol. The van der Waals surface area contributed by atoms with Crippen LogP contribution in [0, 0.1) is 13.8 Å². The van der Waals surface area contributed by atoms with Crippen LogP contribution in [0.5, 0.6) is 5.75 Å². The van der Waals surface area contributed by atoms with Crippen molar-refractivity contribution in [1.29, 1.82) is 0 Å². The van der Waals surface area contributed by atoms with Crippen molar-refractivity contribution in [2.75, 3.05) is 5.32 Å². The van der Waals surface area contributed by atoms with Gasteiger partial charge in [-0.3, -0.25) is 10.1 Å². The highest BCUT2D eigenvalue weighted by atomic mass is 35.5. The van der Waals surface area contributed by atoms with Crippen LogP contribution in [0.15, 0.2) is 48.7 Å². The molecular formula is C20H17ClN4O2S. The third-order valence-corrected chi connectivity index (χ3v) is 5.30. The molecular weight excluding hydrogens is 396 g/mol. The summed E-state index contributed by atoms with van der Waals surface area (Å²) in [5.74, 6) is 0.468. The molecule has 1 amide bonds. The Morgan fingerprint density at radius 3 is 2.89 bits per heavy atom. The molecule has 0 bridgehead atoms. The molecule has 1 N–H and O–H groups in total. The van der Waals surface area contributed by atoms with Gasteiger partial charge in [-0.05, 0) is 49.7 Å². The van der Waals surface area contributed by atoms with E-state index >= 15 is 0 Å². The lowest BCUT2D eigenvalue weighted by Gasteiger charge is -2.09. The van der Waals surface area contributed by atoms with Crippen LogP contribution in [0.4, 0.5) is 5.13 Å². The normalized spacial score (nSPS) is 11.0. The number of ether oxygens (including phenoxy) is 1. The van der Waals surface area contributed by atoms with Crippen molar-refractivity contribution >= 4 is 44.2 Å². The molecule has 0 radical (unpaired) electrons. The summed E-state index contributed by atoms with van der Waals surface area (Å²) in [6, 6.07) is 13.0. The molecule has 2 heterocycles. The number of anilines is 1. The summed E-state index contributed by atoms with van der Waals surface area (Å²) in [5.41, 5.74) is 3.32. The van der Waals surface area contributed by atoms with Crippen LogP contribution in [-0.4, -0.2) is 20.7 Å². The standard InChI is InChI=1S/C20H17ClN4O2S/c1-12-3-6-17(13(2)9-12)27-11-25-8-7-16(24-25)19(26)23-20-22-15-5-4-14(21)10-18(15)28-20/h3-10H,11H2,1-2H3,(H,22,23,26). The Balaban J connectivity index is 1.42. The molecule has 0 aliphatic rings. The van der Waals surface area contributed by atoms with E-state index in [4.69, 9.17) is 16.3 Å². The number of nitrogens with one attached hydrogen (secondary N) is 1. The third kappa shape index (κ3) is 4.00. The summed E-state index contributed by atoms with van der Waals surface area (Å²) < 4.78 is 8.27. The summed E-state index contributed by atoms with van der Waals surface area (Å²) in [7, 11) is 0. The molecule has 0 aliphatic carbocycles. The van der Waals surface area contributed by atoms with Crippen LogP contribution < -0.4 is 10.1 Å². The molecule has 4 aromatic rings. The van der Waals surface area contributed by atoms with Crippen molar-refractivity contribution in [2.24, 2.45) is 0 Å². The van der Waals surface area contributed by atoms with Crippen molar-refractivity contribution in [2.45, 2.75) is 20.6 Å². The van der Waals surface area contributed by atoms with Gasteiger partial charge >= 0.3 is 0 Å². The molecule has 0 saturated heterocycles. The SMILES string of the molecule is Cc1ccc(OCn2ccc(C(=O)Nc3nc4ccc(Cl)cc4s3)n2)c(C)c1. The minimum absolute atomic E-state index is 0.219. The summed E-state index contributed by atoms with van der Waals surface area (Å²) in [6.45, 7) is 4.25. The number of hydrogen-bond donors (Lipinski definition) is 1. The molecule has 2 aromatic carbocycles. The molecule has 0 saturated carbocycles. The number of fused-ring (bicyclic) bond motifs is 1. The highest BCUT2D eigenvalue weighted by Gasteiger charge is 2.13. The minimum atomic E-state index is -0.324. The number of benzene rings is 2. The number of thiazole rings is 1. The fourth-order valence-corrected chi connectivity index (χ4v) is 3.90. The molecule has 4 rings (SSSR count). The number of hydrogen-bond acceptors (Lipinski definition) is 5. The highest BCUT2D eigenvalue weighted by Crippen LogP contribution is 2.28. The second-order valence-corrected chi connectivity index (χ2v) is 7.84. The summed E-state index contributed by atoms with van der Waals surface area (Å²) in [4.78, 5) is 16.8. The Labute approximate surface area is 170 Å². The summed E-state index contributed by atoms with van der Waals surface area (Å²) >= 11 is 7.36. The zero-order valence-electron chi connectivity index (χ0n) is 15.3. The number of amides is 1. The van der Waals surface area contributed by atoms with Crippen LogP contribution in [0.25, 0.3) is 10.2 Å². The van der Waals surface area contributed by atoms with E-state index in [9.17, 15) is 4.79 Å². The van der Waals surface area contributed by atoms with Gasteiger partial charge in [0.2, 0.25) is 0 Å². The fourth-order valence-electron chi connectivity index (χ4n) is 2.76. The number of halogens is 1. The molecule has 8 heteroatoms. The van der Waals surface area contributed by atoms with Gasteiger partial charge in [0.25, 0.3) is 5.91 Å². The molecule has 6 nitrogen and oxygen atoms in total. The lowest BCUT2D eigenvalue weighted by molar-refractivity contribution is 0.102. The second-order valence-electron chi connectivity index (χ2n) is 6.37. The van der Waals surface area contributed by atoms with Crippen molar-refractivity contribution in [3.8, 4) is 5.75 Å². The van der Waals surface area contributed by atoms with E-state index in [-0.39, 0.29) is 12.6 Å². The van der Waals surface area contributed by atoms with Crippen LogP contribution in [0.2, 0.25) is 5.02 Å². The molecule has 0 atom stereocenters. The van der Waals surface area contributed by atoms with E-state index in [1.54, 1.807) is 23.0 Å². The third-order valence-electron chi connectivity index (χ3n) is 4.13. The summed E-state index contributed by atoms with van der Waals surface area (Å²) in [5, 5.41) is 8.19. The summed E-state index contributed by atoms with van der Waals surface area (Å²) in [6.07, 6.45) is 1.70. The van der Waals surface area contributed by atoms with Gasteiger partial charge in [-0.2, -0.15) is 5.10 Å². The van der Waals surface area contributed by atoms with Gasteiger partial charge in [0, 0.05) is 11.2 Å². The first-order valence-electron chi connectivity index (χ1n) is 8.59. The van der Waals surface area contributed by atoms with Crippen molar-refractivity contribution in [3.63, 3.8) is 0 Å². The predicted octanol–water partition coefficient (Wildman–Crippen LogP) is 5.05. The van der Waals surface area contributed by atoms with Gasteiger partial charge in [0.15, 0.2) is 17.6 Å². The average molecular weight is 413 g/mol. The molecule has 28 heavy (non-hydrogen) atoms. The smallest absolute Gasteiger partial charge is 0.277 e. The molecule has 0 unspecified atom stereocenters. The van der Waals surface area contributed by atoms with E-state index in [1.165, 1.54) is 16.9 Å². The average Bonchev–Trinajstić information content (AvgIpc) is 3.27. The predicted molar refractivity (Wildman–Crippen MR) is 111 cm³/mol. The van der Waals surface area contributed by atoms with Crippen LogP contribution in [-0.2, 0) is 6.73 Å². The van der Waals surface area contributed by atoms with E-state index < -0.39 is 0 Å². The van der Waals surface area contributed by atoms with Crippen LogP contribution in [0.1, 0.15) is 21.6 Å². The largest absolute Gasteiger partial charge is 0.471 e. The van der Waals surface area contributed by atoms with Gasteiger partial charge in [0.05, 0.1) is 10.2 Å². The fraction of sp³-hybridized carbons (Fsp3) is 0.150. The number of rotatable bonds is 5. The molecule has 2 aromatic heterocycles. The molecule has 142 valence electrons. The Hall–Kier alpha value is -2.90. The van der Waals surface area contributed by atoms with Crippen LogP contribution in [0.3, 0.4) is 0 Å². The first-order chi connectivity index (χ1) is 13.5. The molecule has 0 spiro atoms. The number of carbonyl (C=O) groups excluding carboxylic acids is 1. The van der Waals surface area contributed by atoms with Gasteiger partial charge < -0.3 is 4.74 Å². The molecule has 0 aliphatic heterocycles. The first-order valence-corrected chi connectivity index (χ1v) is 9.78. The van der Waals surface area contributed by atoms with Crippen LogP contribution >= 0.6 is 22.9 Å².